The van der Waals surface area contributed by atoms with Crippen LogP contribution < -0.4 is 9.46 Å². The molecule has 1 rings (SSSR count). The summed E-state index contributed by atoms with van der Waals surface area (Å²) < 4.78 is 36.4. The van der Waals surface area contributed by atoms with Gasteiger partial charge in [0.15, 0.2) is 6.61 Å². The molecule has 0 amide bonds. The molecule has 0 aliphatic carbocycles. The molecule has 2 N–H and O–H groups in total. The van der Waals surface area contributed by atoms with Gasteiger partial charge >= 0.3 is 5.97 Å². The minimum absolute atomic E-state index is 0.0987. The van der Waals surface area contributed by atoms with E-state index in [1.807, 2.05) is 6.92 Å². The largest absolute Gasteiger partial charge is 0.482 e. The molecule has 0 bridgehead atoms. The van der Waals surface area contributed by atoms with Gasteiger partial charge in [0.25, 0.3) is 0 Å². The Morgan fingerprint density at radius 1 is 1.29 bits per heavy atom. The van der Waals surface area contributed by atoms with E-state index >= 15 is 0 Å². The summed E-state index contributed by atoms with van der Waals surface area (Å²) in [5.74, 6) is -0.796. The minimum Gasteiger partial charge on any atom is -0.482 e. The highest BCUT2D eigenvalue weighted by Crippen LogP contribution is 2.15. The summed E-state index contributed by atoms with van der Waals surface area (Å²) in [6.07, 6.45) is 0.590. The Morgan fingerprint density at radius 3 is 2.52 bits per heavy atom. The molecule has 0 saturated heterocycles. The molecule has 21 heavy (non-hydrogen) atoms. The molecule has 0 aromatic heterocycles. The zero-order valence-corrected chi connectivity index (χ0v) is 12.6. The van der Waals surface area contributed by atoms with Crippen molar-refractivity contribution in [2.75, 3.05) is 26.4 Å². The fourth-order valence-electron chi connectivity index (χ4n) is 1.47. The number of sulfonamides is 1. The molecule has 8 heteroatoms. The summed E-state index contributed by atoms with van der Waals surface area (Å²) in [4.78, 5) is 10.4. The van der Waals surface area contributed by atoms with Crippen molar-refractivity contribution < 1.29 is 27.8 Å². The van der Waals surface area contributed by atoms with Gasteiger partial charge < -0.3 is 14.6 Å². The molecule has 0 atom stereocenters. The smallest absolute Gasteiger partial charge is 0.341 e. The van der Waals surface area contributed by atoms with Crippen LogP contribution in [0.25, 0.3) is 0 Å². The molecule has 1 aromatic carbocycles. The van der Waals surface area contributed by atoms with Crippen molar-refractivity contribution in [1.82, 2.24) is 4.72 Å². The van der Waals surface area contributed by atoms with Crippen LogP contribution in [0.15, 0.2) is 29.2 Å². The first-order valence-electron chi connectivity index (χ1n) is 6.48. The lowest BCUT2D eigenvalue weighted by Crippen LogP contribution is -2.25. The normalized spacial score (nSPS) is 11.3. The van der Waals surface area contributed by atoms with Crippen LogP contribution in [0.4, 0.5) is 0 Å². The summed E-state index contributed by atoms with van der Waals surface area (Å²) in [7, 11) is -3.57. The van der Waals surface area contributed by atoms with Crippen LogP contribution in [0.5, 0.6) is 5.75 Å². The molecule has 0 radical (unpaired) electrons. The summed E-state index contributed by atoms with van der Waals surface area (Å²) in [6, 6.07) is 5.56. The van der Waals surface area contributed by atoms with Gasteiger partial charge in [0, 0.05) is 19.8 Å². The van der Waals surface area contributed by atoms with Gasteiger partial charge in [-0.15, -0.1) is 0 Å². The molecule has 0 unspecified atom stereocenters. The molecule has 1 aromatic rings. The number of aliphatic carboxylic acids is 1. The maximum Gasteiger partial charge on any atom is 0.341 e. The molecule has 0 aliphatic rings. The van der Waals surface area contributed by atoms with Crippen LogP contribution in [0.3, 0.4) is 0 Å². The van der Waals surface area contributed by atoms with E-state index < -0.39 is 22.6 Å². The number of nitrogens with one attached hydrogen (secondary N) is 1. The molecule has 0 saturated carbocycles. The average Bonchev–Trinajstić information content (AvgIpc) is 2.45. The number of carboxylic acids is 1. The van der Waals surface area contributed by atoms with Gasteiger partial charge in [0.2, 0.25) is 10.0 Å². The maximum atomic E-state index is 12.0. The van der Waals surface area contributed by atoms with E-state index in [-0.39, 0.29) is 4.90 Å². The Labute approximate surface area is 123 Å². The third kappa shape index (κ3) is 6.56. The number of carboxylic acid groups (broad SMARTS) is 1. The predicted molar refractivity (Wildman–Crippen MR) is 75.9 cm³/mol. The highest BCUT2D eigenvalue weighted by Gasteiger charge is 2.13. The lowest BCUT2D eigenvalue weighted by atomic mass is 10.3. The van der Waals surface area contributed by atoms with Crippen molar-refractivity contribution in [3.05, 3.63) is 24.3 Å². The molecule has 0 aliphatic heterocycles. The van der Waals surface area contributed by atoms with Gasteiger partial charge in [0.05, 0.1) is 4.90 Å². The van der Waals surface area contributed by atoms with Gasteiger partial charge in [-0.2, -0.15) is 0 Å². The highest BCUT2D eigenvalue weighted by molar-refractivity contribution is 7.89. The van der Waals surface area contributed by atoms with Crippen molar-refractivity contribution in [2.24, 2.45) is 0 Å². The van der Waals surface area contributed by atoms with Crippen LogP contribution >= 0.6 is 0 Å². The SMILES string of the molecule is CCOCCCNS(=O)(=O)c1ccc(OCC(=O)O)cc1. The first-order chi connectivity index (χ1) is 9.95. The van der Waals surface area contributed by atoms with Gasteiger partial charge in [-0.25, -0.2) is 17.9 Å². The van der Waals surface area contributed by atoms with Gasteiger partial charge in [-0.05, 0) is 37.6 Å². The van der Waals surface area contributed by atoms with Crippen LogP contribution in [0.1, 0.15) is 13.3 Å². The van der Waals surface area contributed by atoms with Crippen molar-refractivity contribution >= 4 is 16.0 Å². The zero-order chi connectivity index (χ0) is 15.7. The topological polar surface area (TPSA) is 102 Å². The highest BCUT2D eigenvalue weighted by atomic mass is 32.2. The Morgan fingerprint density at radius 2 is 1.95 bits per heavy atom. The Hall–Kier alpha value is -1.64. The van der Waals surface area contributed by atoms with Gasteiger partial charge in [-0.1, -0.05) is 0 Å². The predicted octanol–water partition coefficient (Wildman–Crippen LogP) is 0.855. The quantitative estimate of drug-likeness (QED) is 0.620. The van der Waals surface area contributed by atoms with Crippen molar-refractivity contribution in [2.45, 2.75) is 18.2 Å². The van der Waals surface area contributed by atoms with Crippen molar-refractivity contribution in [3.8, 4) is 5.75 Å². The fourth-order valence-corrected chi connectivity index (χ4v) is 2.54. The van der Waals surface area contributed by atoms with E-state index in [9.17, 15) is 13.2 Å². The number of benzene rings is 1. The first-order valence-corrected chi connectivity index (χ1v) is 7.96. The summed E-state index contributed by atoms with van der Waals surface area (Å²) in [5.41, 5.74) is 0. The van der Waals surface area contributed by atoms with Crippen LogP contribution in [0, 0.1) is 0 Å². The number of carbonyl (C=O) groups is 1. The van der Waals surface area contributed by atoms with Crippen LogP contribution in [-0.2, 0) is 19.6 Å². The van der Waals surface area contributed by atoms with Crippen molar-refractivity contribution in [3.63, 3.8) is 0 Å². The third-order valence-electron chi connectivity index (χ3n) is 2.46. The maximum absolute atomic E-state index is 12.0. The van der Waals surface area contributed by atoms with Crippen molar-refractivity contribution in [1.29, 1.82) is 0 Å². The summed E-state index contributed by atoms with van der Waals surface area (Å²) in [6.45, 7) is 2.80. The molecular weight excluding hydrogens is 298 g/mol. The second-order valence-electron chi connectivity index (χ2n) is 4.10. The number of ether oxygens (including phenoxy) is 2. The standard InChI is InChI=1S/C13H19NO6S/c1-2-19-9-3-8-14-21(17,18)12-6-4-11(5-7-12)20-10-13(15)16/h4-7,14H,2-3,8-10H2,1H3,(H,15,16). The van der Waals surface area contributed by atoms with Crippen LogP contribution in [0.2, 0.25) is 0 Å². The molecule has 118 valence electrons. The molecule has 0 heterocycles. The Bertz CT molecular complexity index is 540. The lowest BCUT2D eigenvalue weighted by Gasteiger charge is -2.08. The molecule has 7 nitrogen and oxygen atoms in total. The van der Waals surface area contributed by atoms with E-state index in [0.717, 1.165) is 0 Å². The number of hydrogen-bond donors (Lipinski definition) is 2. The molecular formula is C13H19NO6S. The monoisotopic (exact) mass is 317 g/mol. The fraction of sp³-hybridized carbons (Fsp3) is 0.462. The number of hydrogen-bond acceptors (Lipinski definition) is 5. The number of rotatable bonds is 10. The molecule has 0 fully saturated rings. The summed E-state index contributed by atoms with van der Waals surface area (Å²) >= 11 is 0. The van der Waals surface area contributed by atoms with E-state index in [1.54, 1.807) is 0 Å². The van der Waals surface area contributed by atoms with E-state index in [0.29, 0.717) is 31.9 Å². The molecule has 0 spiro atoms. The second kappa shape index (κ2) is 8.60. The zero-order valence-electron chi connectivity index (χ0n) is 11.7. The average molecular weight is 317 g/mol. The van der Waals surface area contributed by atoms with Gasteiger partial charge in [-0.3, -0.25) is 0 Å². The lowest BCUT2D eigenvalue weighted by molar-refractivity contribution is -0.139. The third-order valence-corrected chi connectivity index (χ3v) is 3.93. The van der Waals surface area contributed by atoms with Gasteiger partial charge in [0.1, 0.15) is 5.75 Å². The van der Waals surface area contributed by atoms with E-state index in [2.05, 4.69) is 4.72 Å². The minimum atomic E-state index is -3.57. The van der Waals surface area contributed by atoms with E-state index in [1.165, 1.54) is 24.3 Å². The second-order valence-corrected chi connectivity index (χ2v) is 5.87. The summed E-state index contributed by atoms with van der Waals surface area (Å²) in [5, 5.41) is 8.48. The Balaban J connectivity index is 2.52. The van der Waals surface area contributed by atoms with Crippen LogP contribution in [-0.4, -0.2) is 45.9 Å². The van der Waals surface area contributed by atoms with E-state index in [4.69, 9.17) is 14.6 Å². The first kappa shape index (κ1) is 17.4. The Kier molecular flexibility index (Phi) is 7.13.